The van der Waals surface area contributed by atoms with E-state index in [0.717, 1.165) is 0 Å². The minimum atomic E-state index is -0.785. The third-order valence-corrected chi connectivity index (χ3v) is 3.67. The molecule has 0 bridgehead atoms. The van der Waals surface area contributed by atoms with E-state index >= 15 is 0 Å². The van der Waals surface area contributed by atoms with Crippen molar-refractivity contribution in [1.29, 1.82) is 0 Å². The largest absolute Gasteiger partial charge is 0.465 e. The first-order valence-corrected chi connectivity index (χ1v) is 8.06. The molecule has 0 aliphatic rings. The van der Waals surface area contributed by atoms with Gasteiger partial charge in [-0.2, -0.15) is 0 Å². The zero-order chi connectivity index (χ0) is 18.6. The molecule has 7 nitrogen and oxygen atoms in total. The molecule has 134 valence electrons. The lowest BCUT2D eigenvalue weighted by molar-refractivity contribution is 0.0602. The van der Waals surface area contributed by atoms with Crippen LogP contribution >= 0.6 is 23.2 Å². The molecule has 2 rings (SSSR count). The highest BCUT2D eigenvalue weighted by molar-refractivity contribution is 6.39. The number of nitrogens with zero attached hydrogens (tertiary/aromatic N) is 1. The van der Waals surface area contributed by atoms with Crippen molar-refractivity contribution in [3.63, 3.8) is 0 Å². The summed E-state index contributed by atoms with van der Waals surface area (Å²) in [7, 11) is 1.19. The average Bonchev–Trinajstić information content (AvgIpc) is 2.95. The topological polar surface area (TPSA) is 90.7 Å². The summed E-state index contributed by atoms with van der Waals surface area (Å²) in [5, 5.41) is 6.67. The predicted octanol–water partition coefficient (Wildman–Crippen LogP) is 4.64. The zero-order valence-electron chi connectivity index (χ0n) is 13.8. The Morgan fingerprint density at radius 3 is 2.48 bits per heavy atom. The van der Waals surface area contributed by atoms with Crippen LogP contribution < -0.4 is 5.32 Å². The molecule has 0 spiro atoms. The van der Waals surface area contributed by atoms with E-state index in [4.69, 9.17) is 37.2 Å². The molecule has 9 heteroatoms. The Bertz CT molecular complexity index is 769. The Labute approximate surface area is 154 Å². The molecular weight excluding hydrogens is 371 g/mol. The van der Waals surface area contributed by atoms with Crippen LogP contribution in [0.4, 0.5) is 10.7 Å². The van der Waals surface area contributed by atoms with Gasteiger partial charge in [0.05, 0.1) is 23.8 Å². The van der Waals surface area contributed by atoms with Gasteiger partial charge in [-0.25, -0.2) is 9.59 Å². The van der Waals surface area contributed by atoms with Gasteiger partial charge in [0.15, 0.2) is 5.56 Å². The van der Waals surface area contributed by atoms with Gasteiger partial charge in [0.2, 0.25) is 5.88 Å². The molecule has 1 aromatic heterocycles. The second kappa shape index (κ2) is 8.22. The summed E-state index contributed by atoms with van der Waals surface area (Å²) in [4.78, 5) is 24.0. The summed E-state index contributed by atoms with van der Waals surface area (Å²) in [5.41, 5.74) is 0.235. The Kier molecular flexibility index (Phi) is 6.27. The van der Waals surface area contributed by atoms with Gasteiger partial charge in [0.1, 0.15) is 5.69 Å². The van der Waals surface area contributed by atoms with Crippen LogP contribution in [-0.2, 0) is 9.47 Å². The Balaban J connectivity index is 2.42. The van der Waals surface area contributed by atoms with Crippen LogP contribution in [0.3, 0.4) is 0 Å². The van der Waals surface area contributed by atoms with Crippen molar-refractivity contribution in [1.82, 2.24) is 5.16 Å². The number of aromatic nitrogens is 1. The first-order valence-electron chi connectivity index (χ1n) is 7.31. The highest BCUT2D eigenvalue weighted by Gasteiger charge is 2.29. The smallest absolute Gasteiger partial charge is 0.414 e. The maximum absolute atomic E-state index is 12.2. The highest BCUT2D eigenvalue weighted by Crippen LogP contribution is 2.38. The van der Waals surface area contributed by atoms with Crippen LogP contribution in [0.15, 0.2) is 22.7 Å². The fraction of sp³-hybridized carbons (Fsp3) is 0.312. The van der Waals surface area contributed by atoms with Crippen molar-refractivity contribution in [2.75, 3.05) is 19.0 Å². The number of hydrogen-bond donors (Lipinski definition) is 1. The molecule has 0 fully saturated rings. The van der Waals surface area contributed by atoms with E-state index in [0.29, 0.717) is 5.56 Å². The molecule has 1 aromatic carbocycles. The summed E-state index contributed by atoms with van der Waals surface area (Å²) in [6.45, 7) is 3.98. The number of anilines is 1. The maximum atomic E-state index is 12.2. The SMILES string of the molecule is COC(=O)c1c(-c2c(Cl)cccc2Cl)noc1NC(=O)OCC(C)C. The molecule has 0 saturated heterocycles. The van der Waals surface area contributed by atoms with Gasteiger partial charge in [0, 0.05) is 5.56 Å². The molecule has 0 aliphatic carbocycles. The van der Waals surface area contributed by atoms with Crippen LogP contribution in [0.1, 0.15) is 24.2 Å². The summed E-state index contributed by atoms with van der Waals surface area (Å²) in [6, 6.07) is 4.82. The van der Waals surface area contributed by atoms with E-state index in [1.165, 1.54) is 7.11 Å². The lowest BCUT2D eigenvalue weighted by Crippen LogP contribution is -2.18. The number of halogens is 2. The average molecular weight is 387 g/mol. The normalized spacial score (nSPS) is 10.6. The number of nitrogens with one attached hydrogen (secondary N) is 1. The van der Waals surface area contributed by atoms with Crippen molar-refractivity contribution in [2.24, 2.45) is 5.92 Å². The molecular formula is C16H16Cl2N2O5. The molecule has 1 amide bonds. The fourth-order valence-corrected chi connectivity index (χ4v) is 2.51. The van der Waals surface area contributed by atoms with Crippen LogP contribution in [0.2, 0.25) is 10.0 Å². The molecule has 0 aliphatic heterocycles. The number of ether oxygens (including phenoxy) is 2. The molecule has 0 saturated carbocycles. The van der Waals surface area contributed by atoms with Crippen LogP contribution in [-0.4, -0.2) is 30.9 Å². The fourth-order valence-electron chi connectivity index (χ4n) is 1.93. The maximum Gasteiger partial charge on any atom is 0.414 e. The molecule has 0 unspecified atom stereocenters. The minimum absolute atomic E-state index is 0.0570. The van der Waals surface area contributed by atoms with Gasteiger partial charge in [-0.3, -0.25) is 5.32 Å². The van der Waals surface area contributed by atoms with Gasteiger partial charge >= 0.3 is 12.1 Å². The van der Waals surface area contributed by atoms with Gasteiger partial charge in [-0.15, -0.1) is 0 Å². The van der Waals surface area contributed by atoms with E-state index in [9.17, 15) is 9.59 Å². The summed E-state index contributed by atoms with van der Waals surface area (Å²) >= 11 is 12.3. The number of hydrogen-bond acceptors (Lipinski definition) is 6. The number of benzene rings is 1. The molecule has 0 atom stereocenters. The monoisotopic (exact) mass is 386 g/mol. The lowest BCUT2D eigenvalue weighted by Gasteiger charge is -2.08. The first-order chi connectivity index (χ1) is 11.8. The van der Waals surface area contributed by atoms with Gasteiger partial charge in [-0.1, -0.05) is 48.3 Å². The lowest BCUT2D eigenvalue weighted by atomic mass is 10.1. The Morgan fingerprint density at radius 1 is 1.28 bits per heavy atom. The standard InChI is InChI=1S/C16H16Cl2N2O5/c1-8(2)7-24-16(22)19-14-12(15(21)23-3)13(20-25-14)11-9(17)5-4-6-10(11)18/h4-6,8H,7H2,1-3H3,(H,19,22). The minimum Gasteiger partial charge on any atom is -0.465 e. The number of carbonyl (C=O) groups is 2. The third kappa shape index (κ3) is 4.43. The number of carbonyl (C=O) groups excluding carboxylic acids is 2. The second-order valence-electron chi connectivity index (χ2n) is 5.44. The van der Waals surface area contributed by atoms with Gasteiger partial charge in [0.25, 0.3) is 0 Å². The van der Waals surface area contributed by atoms with E-state index in [1.54, 1.807) is 18.2 Å². The van der Waals surface area contributed by atoms with Crippen LogP contribution in [0.25, 0.3) is 11.3 Å². The Morgan fingerprint density at radius 2 is 1.92 bits per heavy atom. The molecule has 25 heavy (non-hydrogen) atoms. The van der Waals surface area contributed by atoms with Crippen molar-refractivity contribution in [3.05, 3.63) is 33.8 Å². The van der Waals surface area contributed by atoms with Crippen molar-refractivity contribution < 1.29 is 23.6 Å². The number of esters is 1. The number of rotatable bonds is 5. The first kappa shape index (κ1) is 19.1. The molecule has 1 heterocycles. The van der Waals surface area contributed by atoms with Crippen molar-refractivity contribution >= 4 is 41.1 Å². The molecule has 0 radical (unpaired) electrons. The van der Waals surface area contributed by atoms with Crippen LogP contribution in [0.5, 0.6) is 0 Å². The predicted molar refractivity (Wildman–Crippen MR) is 93.1 cm³/mol. The molecule has 2 aromatic rings. The number of amides is 1. The quantitative estimate of drug-likeness (QED) is 0.752. The Hall–Kier alpha value is -2.25. The summed E-state index contributed by atoms with van der Waals surface area (Å²) in [5.74, 6) is -0.837. The van der Waals surface area contributed by atoms with Crippen LogP contribution in [0, 0.1) is 5.92 Å². The van der Waals surface area contributed by atoms with E-state index in [1.807, 2.05) is 13.8 Å². The summed E-state index contributed by atoms with van der Waals surface area (Å²) < 4.78 is 14.8. The highest BCUT2D eigenvalue weighted by atomic mass is 35.5. The van der Waals surface area contributed by atoms with Crippen molar-refractivity contribution in [2.45, 2.75) is 13.8 Å². The third-order valence-electron chi connectivity index (χ3n) is 3.04. The summed E-state index contributed by atoms with van der Waals surface area (Å²) in [6.07, 6.45) is -0.785. The van der Waals surface area contributed by atoms with Gasteiger partial charge in [-0.05, 0) is 18.1 Å². The van der Waals surface area contributed by atoms with Crippen molar-refractivity contribution in [3.8, 4) is 11.3 Å². The zero-order valence-corrected chi connectivity index (χ0v) is 15.3. The van der Waals surface area contributed by atoms with E-state index in [-0.39, 0.29) is 39.7 Å². The van der Waals surface area contributed by atoms with Gasteiger partial charge < -0.3 is 14.0 Å². The van der Waals surface area contributed by atoms with E-state index < -0.39 is 12.1 Å². The molecule has 1 N–H and O–H groups in total. The second-order valence-corrected chi connectivity index (χ2v) is 6.26. The number of methoxy groups -OCH3 is 1. The van der Waals surface area contributed by atoms with E-state index in [2.05, 4.69) is 10.5 Å².